The van der Waals surface area contributed by atoms with Gasteiger partial charge in [-0.25, -0.2) is 31.0 Å². The van der Waals surface area contributed by atoms with Gasteiger partial charge in [0.1, 0.15) is 41.1 Å². The van der Waals surface area contributed by atoms with Crippen LogP contribution >= 0.6 is 11.6 Å². The molecule has 0 aliphatic heterocycles. The van der Waals surface area contributed by atoms with Gasteiger partial charge in [-0.15, -0.1) is 0 Å². The quantitative estimate of drug-likeness (QED) is 0.111. The van der Waals surface area contributed by atoms with Gasteiger partial charge < -0.3 is 10.1 Å². The highest BCUT2D eigenvalue weighted by molar-refractivity contribution is 7.92. The summed E-state index contributed by atoms with van der Waals surface area (Å²) in [6, 6.07) is 8.40. The number of carbonyl (C=O) groups excluding carboxylic acids is 1. The Morgan fingerprint density at radius 2 is 1.70 bits per heavy atom. The molecule has 8 rings (SSSR count). The van der Waals surface area contributed by atoms with Crippen molar-refractivity contribution in [3.05, 3.63) is 104 Å². The molecule has 0 radical (unpaired) electrons. The third-order valence-corrected chi connectivity index (χ3v) is 13.3. The summed E-state index contributed by atoms with van der Waals surface area (Å²) in [5.41, 5.74) is -5.57. The van der Waals surface area contributed by atoms with Gasteiger partial charge in [-0.05, 0) is 61.2 Å². The Hall–Kier alpha value is -5.63. The molecule has 6 aromatic rings. The maximum Gasteiger partial charge on any atom is 0.295 e. The molecule has 334 valence electrons. The minimum absolute atomic E-state index is 0.0191. The van der Waals surface area contributed by atoms with Crippen LogP contribution < -0.4 is 20.3 Å². The molecular weight excluding hydrogens is 878 g/mol. The Balaban J connectivity index is 1.34. The van der Waals surface area contributed by atoms with Crippen LogP contribution in [0.2, 0.25) is 5.02 Å². The number of aryl methyl sites for hydroxylation is 1. The SMILES string of the molecule is CC(C)[C@H](C)Oc1ccc2c(=O)n(-c3ccc(Cl)c4c(NS(C)(=O)=O)nn(C)c34)c([C@H](Cc3cc(F)cc(F)c3)NC(=O)Cn3nc(C(F)F)c4c3C(F)(F)[C@@]3(C)C[C@@]43C)nc2c1. The maximum absolute atomic E-state index is 16.1. The highest BCUT2D eigenvalue weighted by Crippen LogP contribution is 2.80. The Morgan fingerprint density at radius 3 is 2.33 bits per heavy atom. The smallest absolute Gasteiger partial charge is 0.295 e. The maximum atomic E-state index is 16.1. The van der Waals surface area contributed by atoms with E-state index < -0.39 is 86.7 Å². The summed E-state index contributed by atoms with van der Waals surface area (Å²) < 4.78 is 127. The van der Waals surface area contributed by atoms with Gasteiger partial charge in [-0.1, -0.05) is 39.3 Å². The van der Waals surface area contributed by atoms with Gasteiger partial charge in [0, 0.05) is 42.0 Å². The topological polar surface area (TPSA) is 155 Å². The molecule has 3 aromatic heterocycles. The second kappa shape index (κ2) is 15.0. The minimum Gasteiger partial charge on any atom is -0.490 e. The number of alkyl halides is 4. The number of hydrogen-bond acceptors (Lipinski definition) is 8. The van der Waals surface area contributed by atoms with Crippen molar-refractivity contribution in [1.29, 1.82) is 0 Å². The van der Waals surface area contributed by atoms with E-state index in [1.807, 2.05) is 20.8 Å². The highest BCUT2D eigenvalue weighted by Gasteiger charge is 2.82. The molecule has 2 aliphatic carbocycles. The van der Waals surface area contributed by atoms with Crippen LogP contribution in [0.15, 0.2) is 53.3 Å². The monoisotopic (exact) mass is 918 g/mol. The van der Waals surface area contributed by atoms with Crippen LogP contribution in [0.1, 0.15) is 81.8 Å². The fraction of sp³-hybridized carbons (Fsp3) is 0.405. The molecule has 21 heteroatoms. The van der Waals surface area contributed by atoms with Crippen LogP contribution in [0.4, 0.5) is 32.2 Å². The van der Waals surface area contributed by atoms with E-state index in [1.165, 1.54) is 49.8 Å². The molecule has 0 bridgehead atoms. The zero-order valence-corrected chi connectivity index (χ0v) is 36.4. The lowest BCUT2D eigenvalue weighted by Gasteiger charge is -2.25. The number of ether oxygens (including phenoxy) is 1. The van der Waals surface area contributed by atoms with E-state index in [4.69, 9.17) is 21.3 Å². The third kappa shape index (κ3) is 7.27. The Kier molecular flexibility index (Phi) is 10.5. The van der Waals surface area contributed by atoms with Crippen LogP contribution in [0.5, 0.6) is 5.75 Å². The number of anilines is 1. The van der Waals surface area contributed by atoms with Gasteiger partial charge in [0.25, 0.3) is 17.9 Å². The molecule has 3 heterocycles. The number of nitrogens with one attached hydrogen (secondary N) is 2. The molecule has 0 unspecified atom stereocenters. The molecule has 1 amide bonds. The summed E-state index contributed by atoms with van der Waals surface area (Å²) in [6.45, 7) is 7.49. The van der Waals surface area contributed by atoms with Gasteiger partial charge in [-0.2, -0.15) is 19.0 Å². The van der Waals surface area contributed by atoms with Crippen LogP contribution in [-0.4, -0.2) is 55.8 Å². The Labute approximate surface area is 361 Å². The molecule has 3 aromatic carbocycles. The van der Waals surface area contributed by atoms with E-state index in [9.17, 15) is 35.6 Å². The number of nitrogens with zero attached hydrogens (tertiary/aromatic N) is 6. The lowest BCUT2D eigenvalue weighted by atomic mass is 9.94. The van der Waals surface area contributed by atoms with Crippen molar-refractivity contribution < 1.29 is 44.3 Å². The van der Waals surface area contributed by atoms with Crippen LogP contribution in [0.25, 0.3) is 27.5 Å². The van der Waals surface area contributed by atoms with Gasteiger partial charge in [0.15, 0.2) is 5.82 Å². The first-order chi connectivity index (χ1) is 29.3. The average molecular weight is 919 g/mol. The minimum atomic E-state index is -3.91. The molecule has 1 fully saturated rings. The number of rotatable bonds is 13. The van der Waals surface area contributed by atoms with Crippen LogP contribution in [-0.2, 0) is 46.2 Å². The molecule has 2 aliphatic rings. The third-order valence-electron chi connectivity index (χ3n) is 12.4. The zero-order chi connectivity index (χ0) is 45.9. The van der Waals surface area contributed by atoms with Gasteiger partial charge in [0.05, 0.1) is 50.9 Å². The summed E-state index contributed by atoms with van der Waals surface area (Å²) in [7, 11) is -2.45. The average Bonchev–Trinajstić information content (AvgIpc) is 3.37. The summed E-state index contributed by atoms with van der Waals surface area (Å²) in [4.78, 5) is 34.1. The van der Waals surface area contributed by atoms with Crippen molar-refractivity contribution in [2.75, 3.05) is 11.0 Å². The summed E-state index contributed by atoms with van der Waals surface area (Å²) in [6.07, 6.45) is -3.15. The van der Waals surface area contributed by atoms with E-state index in [2.05, 4.69) is 20.2 Å². The first-order valence-electron chi connectivity index (χ1n) is 19.7. The molecular formula is C42H41ClF6N8O5S. The predicted octanol–water partition coefficient (Wildman–Crippen LogP) is 8.01. The van der Waals surface area contributed by atoms with Crippen molar-refractivity contribution in [2.45, 2.75) is 83.9 Å². The van der Waals surface area contributed by atoms with Gasteiger partial charge in [0.2, 0.25) is 15.9 Å². The summed E-state index contributed by atoms with van der Waals surface area (Å²) >= 11 is 6.63. The number of hydrogen-bond donors (Lipinski definition) is 2. The number of halogens is 7. The first-order valence-corrected chi connectivity index (χ1v) is 22.0. The molecule has 4 atom stereocenters. The second-order valence-electron chi connectivity index (χ2n) is 17.1. The first kappa shape index (κ1) is 44.0. The number of benzene rings is 3. The molecule has 0 spiro atoms. The fourth-order valence-electron chi connectivity index (χ4n) is 8.76. The fourth-order valence-corrected chi connectivity index (χ4v) is 9.50. The van der Waals surface area contributed by atoms with E-state index in [0.29, 0.717) is 16.5 Å². The Morgan fingerprint density at radius 1 is 1.02 bits per heavy atom. The van der Waals surface area contributed by atoms with Crippen molar-refractivity contribution in [2.24, 2.45) is 18.4 Å². The highest BCUT2D eigenvalue weighted by atomic mass is 35.5. The molecule has 13 nitrogen and oxygen atoms in total. The number of carbonyl (C=O) groups is 1. The van der Waals surface area contributed by atoms with Crippen molar-refractivity contribution in [1.82, 2.24) is 34.4 Å². The largest absolute Gasteiger partial charge is 0.490 e. The van der Waals surface area contributed by atoms with Gasteiger partial charge >= 0.3 is 0 Å². The molecule has 2 N–H and O–H groups in total. The standard InChI is InChI=1S/C42H41ClF6N8O5S/c1-19(2)20(3)62-24-8-9-25-27(16-24)51-38(57(39(25)59)29-11-10-26(43)31-34(29)55(6)53-37(31)54-63(7,60)61)28(14-21-12-22(44)15-23(45)13-21)50-30(58)17-56-35-32(33(52-56)36(46)47)40(4)18-41(40,5)42(35,48)49/h8-13,15-16,19-20,28,36H,14,17-18H2,1-7H3,(H,50,58)(H,53,54)/t20-,28-,40-,41-/m0/s1. The summed E-state index contributed by atoms with van der Waals surface area (Å²) in [5.74, 6) is -6.68. The van der Waals surface area contributed by atoms with Crippen molar-refractivity contribution in [3.8, 4) is 11.4 Å². The zero-order valence-electron chi connectivity index (χ0n) is 34.8. The number of sulfonamides is 1. The predicted molar refractivity (Wildman–Crippen MR) is 222 cm³/mol. The summed E-state index contributed by atoms with van der Waals surface area (Å²) in [5, 5.41) is 10.9. The molecule has 0 saturated heterocycles. The van der Waals surface area contributed by atoms with Crippen LogP contribution in [0.3, 0.4) is 0 Å². The van der Waals surface area contributed by atoms with Crippen LogP contribution in [0, 0.1) is 23.0 Å². The molecule has 1 saturated carbocycles. The number of amides is 1. The second-order valence-corrected chi connectivity index (χ2v) is 19.2. The molecule has 63 heavy (non-hydrogen) atoms. The lowest BCUT2D eigenvalue weighted by molar-refractivity contribution is -0.123. The van der Waals surface area contributed by atoms with E-state index in [0.717, 1.165) is 23.0 Å². The van der Waals surface area contributed by atoms with Gasteiger partial charge in [-0.3, -0.25) is 28.2 Å². The normalized spacial score (nSPS) is 20.0. The Bertz CT molecular complexity index is 3040. The van der Waals surface area contributed by atoms with E-state index >= 15 is 8.78 Å². The van der Waals surface area contributed by atoms with E-state index in [1.54, 1.807) is 6.07 Å². The van der Waals surface area contributed by atoms with Crippen molar-refractivity contribution >= 4 is 55.2 Å². The number of fused-ring (bicyclic) bond motifs is 5. The van der Waals surface area contributed by atoms with E-state index in [-0.39, 0.29) is 73.7 Å². The number of aromatic nitrogens is 6. The lowest BCUT2D eigenvalue weighted by Crippen LogP contribution is -2.38. The van der Waals surface area contributed by atoms with Crippen molar-refractivity contribution in [3.63, 3.8) is 0 Å².